The number of carbonyl (C=O) groups excluding carboxylic acids is 1. The predicted molar refractivity (Wildman–Crippen MR) is 65.4 cm³/mol. The molecule has 0 atom stereocenters. The van der Waals surface area contributed by atoms with E-state index in [0.717, 1.165) is 31.3 Å². The van der Waals surface area contributed by atoms with Gasteiger partial charge in [0, 0.05) is 6.92 Å². The van der Waals surface area contributed by atoms with E-state index in [-0.39, 0.29) is 11.4 Å². The van der Waals surface area contributed by atoms with E-state index in [1.54, 1.807) is 0 Å². The Morgan fingerprint density at radius 1 is 1.28 bits per heavy atom. The molecule has 6 heteroatoms. The minimum atomic E-state index is -0.684. The highest BCUT2D eigenvalue weighted by atomic mass is 16.5. The van der Waals surface area contributed by atoms with Crippen molar-refractivity contribution < 1.29 is 9.53 Å². The summed E-state index contributed by atoms with van der Waals surface area (Å²) in [6.45, 7) is 1.22. The molecule has 0 fully saturated rings. The first kappa shape index (κ1) is 12.3. The van der Waals surface area contributed by atoms with Crippen LogP contribution in [0.1, 0.15) is 38.2 Å². The summed E-state index contributed by atoms with van der Waals surface area (Å²) < 4.78 is 4.90. The zero-order valence-corrected chi connectivity index (χ0v) is 10.0. The van der Waals surface area contributed by atoms with Crippen LogP contribution in [0.25, 0.3) is 5.57 Å². The lowest BCUT2D eigenvalue weighted by molar-refractivity contribution is -0.132. The molecule has 1 aromatic rings. The highest BCUT2D eigenvalue weighted by Gasteiger charge is 2.18. The zero-order valence-electron chi connectivity index (χ0n) is 10.0. The molecule has 0 unspecified atom stereocenters. The van der Waals surface area contributed by atoms with Crippen molar-refractivity contribution in [3.8, 4) is 5.88 Å². The molecule has 1 aliphatic carbocycles. The summed E-state index contributed by atoms with van der Waals surface area (Å²) in [5.74, 6) is -0.640. The molecule has 2 N–H and O–H groups in total. The van der Waals surface area contributed by atoms with Gasteiger partial charge in [-0.15, -0.1) is 0 Å². The van der Waals surface area contributed by atoms with Gasteiger partial charge >= 0.3 is 11.7 Å². The molecule has 0 saturated carbocycles. The van der Waals surface area contributed by atoms with Crippen LogP contribution in [-0.2, 0) is 4.79 Å². The van der Waals surface area contributed by atoms with Gasteiger partial charge in [0.05, 0.1) is 0 Å². The van der Waals surface area contributed by atoms with Crippen molar-refractivity contribution in [3.63, 3.8) is 0 Å². The van der Waals surface area contributed by atoms with Crippen molar-refractivity contribution >= 4 is 11.5 Å². The third kappa shape index (κ3) is 2.58. The average molecular weight is 250 g/mol. The topological polar surface area (TPSA) is 92.0 Å². The van der Waals surface area contributed by atoms with Crippen LogP contribution in [0.15, 0.2) is 15.7 Å². The van der Waals surface area contributed by atoms with Gasteiger partial charge in [-0.1, -0.05) is 6.08 Å². The third-order valence-electron chi connectivity index (χ3n) is 2.77. The van der Waals surface area contributed by atoms with E-state index in [1.165, 1.54) is 6.92 Å². The summed E-state index contributed by atoms with van der Waals surface area (Å²) in [6.07, 6.45) is 5.62. The fourth-order valence-electron chi connectivity index (χ4n) is 2.04. The zero-order chi connectivity index (χ0) is 13.1. The highest BCUT2D eigenvalue weighted by Crippen LogP contribution is 2.28. The first-order valence-corrected chi connectivity index (χ1v) is 5.82. The van der Waals surface area contributed by atoms with Gasteiger partial charge in [-0.25, -0.2) is 4.79 Å². The predicted octanol–water partition coefficient (Wildman–Crippen LogP) is 0.946. The van der Waals surface area contributed by atoms with Crippen molar-refractivity contribution in [1.29, 1.82) is 0 Å². The number of ether oxygens (including phenoxy) is 1. The first-order chi connectivity index (χ1) is 8.58. The van der Waals surface area contributed by atoms with E-state index in [4.69, 9.17) is 4.74 Å². The molecule has 1 aliphatic rings. The fourth-order valence-corrected chi connectivity index (χ4v) is 2.04. The minimum Gasteiger partial charge on any atom is -0.409 e. The third-order valence-corrected chi connectivity index (χ3v) is 2.77. The van der Waals surface area contributed by atoms with E-state index in [1.807, 2.05) is 6.08 Å². The molecule has 0 radical (unpaired) electrons. The Labute approximate surface area is 103 Å². The number of rotatable bonds is 2. The van der Waals surface area contributed by atoms with E-state index in [9.17, 15) is 14.4 Å². The van der Waals surface area contributed by atoms with Crippen LogP contribution in [-0.4, -0.2) is 15.9 Å². The Balaban J connectivity index is 2.56. The Hall–Kier alpha value is -2.11. The summed E-state index contributed by atoms with van der Waals surface area (Å²) in [5, 5.41) is 0. The van der Waals surface area contributed by atoms with Crippen LogP contribution in [0.4, 0.5) is 0 Å². The lowest BCUT2D eigenvalue weighted by atomic mass is 9.95. The van der Waals surface area contributed by atoms with Gasteiger partial charge in [0.25, 0.3) is 5.56 Å². The Morgan fingerprint density at radius 3 is 2.67 bits per heavy atom. The molecule has 0 bridgehead atoms. The number of hydrogen-bond acceptors (Lipinski definition) is 4. The number of esters is 1. The van der Waals surface area contributed by atoms with Crippen LogP contribution in [0, 0.1) is 0 Å². The van der Waals surface area contributed by atoms with Gasteiger partial charge in [-0.05, 0) is 31.3 Å². The van der Waals surface area contributed by atoms with Crippen LogP contribution in [0.3, 0.4) is 0 Å². The van der Waals surface area contributed by atoms with Crippen LogP contribution < -0.4 is 16.0 Å². The van der Waals surface area contributed by atoms with Crippen molar-refractivity contribution in [2.24, 2.45) is 0 Å². The van der Waals surface area contributed by atoms with Gasteiger partial charge in [-0.2, -0.15) is 0 Å². The van der Waals surface area contributed by atoms with E-state index < -0.39 is 17.2 Å². The van der Waals surface area contributed by atoms with Crippen LogP contribution >= 0.6 is 0 Å². The molecule has 2 rings (SSSR count). The Morgan fingerprint density at radius 2 is 2.06 bits per heavy atom. The molecule has 0 spiro atoms. The monoisotopic (exact) mass is 250 g/mol. The molecule has 1 heterocycles. The average Bonchev–Trinajstić information content (AvgIpc) is 2.28. The Bertz CT molecular complexity index is 609. The molecular weight excluding hydrogens is 236 g/mol. The van der Waals surface area contributed by atoms with Crippen LogP contribution in [0.5, 0.6) is 5.88 Å². The second-order valence-corrected chi connectivity index (χ2v) is 4.18. The molecule has 96 valence electrons. The maximum atomic E-state index is 11.8. The molecule has 0 saturated heterocycles. The number of allylic oxidation sites excluding steroid dienone is 2. The van der Waals surface area contributed by atoms with Gasteiger partial charge in [-0.3, -0.25) is 19.6 Å². The molecule has 0 amide bonds. The molecule has 0 aliphatic heterocycles. The summed E-state index contributed by atoms with van der Waals surface area (Å²) in [7, 11) is 0. The molecule has 1 aromatic heterocycles. The van der Waals surface area contributed by atoms with E-state index >= 15 is 0 Å². The number of nitrogens with one attached hydrogen (secondary N) is 2. The second-order valence-electron chi connectivity index (χ2n) is 4.18. The summed E-state index contributed by atoms with van der Waals surface area (Å²) in [5.41, 5.74) is -0.140. The SMILES string of the molecule is CC(=O)Oc1[nH]c(=O)[nH]c(=O)c1C1=CCCCC1. The smallest absolute Gasteiger partial charge is 0.328 e. The number of H-pyrrole nitrogens is 2. The van der Waals surface area contributed by atoms with Crippen molar-refractivity contribution in [2.45, 2.75) is 32.6 Å². The first-order valence-electron chi connectivity index (χ1n) is 5.82. The number of aromatic amines is 2. The van der Waals surface area contributed by atoms with Crippen LogP contribution in [0.2, 0.25) is 0 Å². The highest BCUT2D eigenvalue weighted by molar-refractivity contribution is 5.74. The summed E-state index contributed by atoms with van der Waals surface area (Å²) >= 11 is 0. The van der Waals surface area contributed by atoms with Gasteiger partial charge in [0.15, 0.2) is 0 Å². The van der Waals surface area contributed by atoms with Crippen molar-refractivity contribution in [3.05, 3.63) is 32.5 Å². The van der Waals surface area contributed by atoms with Gasteiger partial charge in [0.1, 0.15) is 5.56 Å². The van der Waals surface area contributed by atoms with Crippen molar-refractivity contribution in [2.75, 3.05) is 0 Å². The summed E-state index contributed by atoms with van der Waals surface area (Å²) in [6, 6.07) is 0. The lowest BCUT2D eigenvalue weighted by Crippen LogP contribution is -2.27. The Kier molecular flexibility index (Phi) is 3.45. The van der Waals surface area contributed by atoms with E-state index in [2.05, 4.69) is 9.97 Å². The molecule has 18 heavy (non-hydrogen) atoms. The quantitative estimate of drug-likeness (QED) is 0.764. The normalized spacial score (nSPS) is 15.1. The van der Waals surface area contributed by atoms with Gasteiger partial charge in [0.2, 0.25) is 5.88 Å². The largest absolute Gasteiger partial charge is 0.409 e. The maximum absolute atomic E-state index is 11.8. The number of carbonyl (C=O) groups is 1. The number of hydrogen-bond donors (Lipinski definition) is 2. The maximum Gasteiger partial charge on any atom is 0.328 e. The second kappa shape index (κ2) is 5.03. The fraction of sp³-hybridized carbons (Fsp3) is 0.417. The van der Waals surface area contributed by atoms with Gasteiger partial charge < -0.3 is 4.74 Å². The molecular formula is C12H14N2O4. The summed E-state index contributed by atoms with van der Waals surface area (Å²) in [4.78, 5) is 38.5. The minimum absolute atomic E-state index is 0.0654. The van der Waals surface area contributed by atoms with E-state index in [0.29, 0.717) is 0 Å². The number of aromatic nitrogens is 2. The lowest BCUT2D eigenvalue weighted by Gasteiger charge is -2.14. The molecule has 6 nitrogen and oxygen atoms in total. The molecule has 0 aromatic carbocycles. The van der Waals surface area contributed by atoms with Crippen molar-refractivity contribution in [1.82, 2.24) is 9.97 Å². The standard InChI is InChI=1S/C12H14N2O4/c1-7(15)18-11-9(8-5-3-2-4-6-8)10(16)13-12(17)14-11/h5H,2-4,6H2,1H3,(H2,13,14,16,17).